The lowest BCUT2D eigenvalue weighted by Crippen LogP contribution is -2.25. The Morgan fingerprint density at radius 3 is 2.80 bits per heavy atom. The first-order valence-corrected chi connectivity index (χ1v) is 10.6. The number of fused-ring (bicyclic) bond motifs is 1. The molecule has 2 N–H and O–H groups in total. The number of primary amides is 1. The van der Waals surface area contributed by atoms with E-state index in [4.69, 9.17) is 27.3 Å². The minimum absolute atomic E-state index is 0.208. The minimum atomic E-state index is -0.254. The van der Waals surface area contributed by atoms with Gasteiger partial charge in [-0.25, -0.2) is 15.0 Å². The lowest BCUT2D eigenvalue weighted by atomic mass is 9.96. The van der Waals surface area contributed by atoms with Crippen molar-refractivity contribution in [2.75, 3.05) is 18.0 Å². The Kier molecular flexibility index (Phi) is 5.40. The minimum Gasteiger partial charge on any atom is -0.370 e. The molecule has 0 radical (unpaired) electrons. The van der Waals surface area contributed by atoms with Gasteiger partial charge in [0.1, 0.15) is 5.82 Å². The first-order valence-electron chi connectivity index (χ1n) is 10.2. The van der Waals surface area contributed by atoms with E-state index in [2.05, 4.69) is 30.7 Å². The van der Waals surface area contributed by atoms with Crippen LogP contribution in [-0.4, -0.2) is 38.5 Å². The third kappa shape index (κ3) is 4.26. The summed E-state index contributed by atoms with van der Waals surface area (Å²) < 4.78 is 2.04. The number of imidazole rings is 1. The van der Waals surface area contributed by atoms with Crippen molar-refractivity contribution in [3.05, 3.63) is 47.0 Å². The molecular weight excluding hydrogens is 400 g/mol. The SMILES string of the molecule is CC(C)(C)c1nc(N2CC[C@@H](CC(N)=O)C2)c2ncn(Cc3cccc(Cl)c3)c2n1. The van der Waals surface area contributed by atoms with E-state index in [1.165, 1.54) is 0 Å². The van der Waals surface area contributed by atoms with Crippen molar-refractivity contribution < 1.29 is 4.79 Å². The van der Waals surface area contributed by atoms with E-state index >= 15 is 0 Å². The van der Waals surface area contributed by atoms with Gasteiger partial charge in [0.2, 0.25) is 5.91 Å². The van der Waals surface area contributed by atoms with Crippen LogP contribution in [0.15, 0.2) is 30.6 Å². The van der Waals surface area contributed by atoms with Crippen molar-refractivity contribution >= 4 is 34.5 Å². The standard InChI is InChI=1S/C22H27ClN6O/c1-22(2,3)21-26-19(28-8-7-15(11-28)10-17(24)30)18-20(27-21)29(13-25-18)12-14-5-4-6-16(23)9-14/h4-6,9,13,15H,7-8,10-12H2,1-3H3,(H2,24,30)/t15-/m0/s1. The smallest absolute Gasteiger partial charge is 0.217 e. The average molecular weight is 427 g/mol. The Morgan fingerprint density at radius 1 is 1.30 bits per heavy atom. The molecule has 3 heterocycles. The Bertz CT molecular complexity index is 1090. The number of carbonyl (C=O) groups excluding carboxylic acids is 1. The number of hydrogen-bond donors (Lipinski definition) is 1. The monoisotopic (exact) mass is 426 g/mol. The summed E-state index contributed by atoms with van der Waals surface area (Å²) >= 11 is 6.16. The fourth-order valence-corrected chi connectivity index (χ4v) is 4.12. The van der Waals surface area contributed by atoms with Crippen LogP contribution in [0.4, 0.5) is 5.82 Å². The number of rotatable bonds is 5. The summed E-state index contributed by atoms with van der Waals surface area (Å²) in [6, 6.07) is 7.81. The van der Waals surface area contributed by atoms with Crippen LogP contribution in [0, 0.1) is 5.92 Å². The summed E-state index contributed by atoms with van der Waals surface area (Å²) in [6.07, 6.45) is 3.13. The molecule has 0 saturated carbocycles. The number of carbonyl (C=O) groups is 1. The van der Waals surface area contributed by atoms with Gasteiger partial charge >= 0.3 is 0 Å². The number of halogens is 1. The molecular formula is C22H27ClN6O. The third-order valence-corrected chi connectivity index (χ3v) is 5.67. The summed E-state index contributed by atoms with van der Waals surface area (Å²) in [5.74, 6) is 1.60. The largest absolute Gasteiger partial charge is 0.370 e. The Balaban J connectivity index is 1.75. The molecule has 0 aliphatic carbocycles. The van der Waals surface area contributed by atoms with Crippen LogP contribution in [0.25, 0.3) is 11.2 Å². The molecule has 2 aromatic heterocycles. The van der Waals surface area contributed by atoms with E-state index in [0.29, 0.717) is 18.0 Å². The molecule has 1 fully saturated rings. The zero-order valence-corrected chi connectivity index (χ0v) is 18.4. The Labute approximate surface area is 181 Å². The highest BCUT2D eigenvalue weighted by Gasteiger charge is 2.29. The van der Waals surface area contributed by atoms with Crippen molar-refractivity contribution in [1.29, 1.82) is 0 Å². The molecule has 158 valence electrons. The summed E-state index contributed by atoms with van der Waals surface area (Å²) in [5, 5.41) is 0.708. The van der Waals surface area contributed by atoms with Gasteiger partial charge in [-0.1, -0.05) is 44.5 Å². The highest BCUT2D eigenvalue weighted by molar-refractivity contribution is 6.30. The molecule has 1 atom stereocenters. The highest BCUT2D eigenvalue weighted by Crippen LogP contribution is 2.32. The Hall–Kier alpha value is -2.67. The van der Waals surface area contributed by atoms with Crippen molar-refractivity contribution in [1.82, 2.24) is 19.5 Å². The first kappa shape index (κ1) is 20.6. The van der Waals surface area contributed by atoms with E-state index in [0.717, 1.165) is 47.9 Å². The molecule has 3 aromatic rings. The van der Waals surface area contributed by atoms with Crippen LogP contribution in [0.5, 0.6) is 0 Å². The zero-order valence-electron chi connectivity index (χ0n) is 17.6. The summed E-state index contributed by atoms with van der Waals surface area (Å²) in [5.41, 5.74) is 7.88. The second kappa shape index (κ2) is 7.87. The van der Waals surface area contributed by atoms with Crippen LogP contribution in [0.1, 0.15) is 45.0 Å². The van der Waals surface area contributed by atoms with Crippen LogP contribution in [0.3, 0.4) is 0 Å². The van der Waals surface area contributed by atoms with Gasteiger partial charge < -0.3 is 15.2 Å². The maximum atomic E-state index is 11.4. The van der Waals surface area contributed by atoms with Crippen LogP contribution in [-0.2, 0) is 16.8 Å². The molecule has 30 heavy (non-hydrogen) atoms. The quantitative estimate of drug-likeness (QED) is 0.674. The van der Waals surface area contributed by atoms with E-state index in [1.807, 2.05) is 35.2 Å². The number of anilines is 1. The van der Waals surface area contributed by atoms with Gasteiger partial charge in [-0.15, -0.1) is 0 Å². The second-order valence-corrected chi connectivity index (χ2v) is 9.50. The molecule has 0 spiro atoms. The molecule has 8 heteroatoms. The van der Waals surface area contributed by atoms with Crippen molar-refractivity contribution in [2.45, 2.75) is 45.6 Å². The maximum Gasteiger partial charge on any atom is 0.217 e. The van der Waals surface area contributed by atoms with E-state index in [-0.39, 0.29) is 17.2 Å². The number of amides is 1. The number of nitrogens with zero attached hydrogens (tertiary/aromatic N) is 5. The molecule has 1 aliphatic heterocycles. The predicted molar refractivity (Wildman–Crippen MR) is 119 cm³/mol. The molecule has 1 aromatic carbocycles. The van der Waals surface area contributed by atoms with Gasteiger partial charge in [-0.3, -0.25) is 4.79 Å². The average Bonchev–Trinajstić information content (AvgIpc) is 3.27. The number of nitrogens with two attached hydrogens (primary N) is 1. The number of aromatic nitrogens is 4. The van der Waals surface area contributed by atoms with Crippen molar-refractivity contribution in [3.8, 4) is 0 Å². The van der Waals surface area contributed by atoms with Gasteiger partial charge in [-0.2, -0.15) is 0 Å². The molecule has 1 aliphatic rings. The lowest BCUT2D eigenvalue weighted by Gasteiger charge is -2.22. The molecule has 0 unspecified atom stereocenters. The molecule has 1 amide bonds. The summed E-state index contributed by atoms with van der Waals surface area (Å²) in [6.45, 7) is 8.52. The third-order valence-electron chi connectivity index (χ3n) is 5.43. The number of hydrogen-bond acceptors (Lipinski definition) is 5. The van der Waals surface area contributed by atoms with E-state index in [9.17, 15) is 4.79 Å². The second-order valence-electron chi connectivity index (χ2n) is 9.07. The van der Waals surface area contributed by atoms with Crippen LogP contribution < -0.4 is 10.6 Å². The number of benzene rings is 1. The van der Waals surface area contributed by atoms with Crippen LogP contribution >= 0.6 is 11.6 Å². The van der Waals surface area contributed by atoms with Crippen molar-refractivity contribution in [3.63, 3.8) is 0 Å². The predicted octanol–water partition coefficient (Wildman–Crippen LogP) is 3.53. The fourth-order valence-electron chi connectivity index (χ4n) is 3.91. The zero-order chi connectivity index (χ0) is 21.5. The van der Waals surface area contributed by atoms with Crippen molar-refractivity contribution in [2.24, 2.45) is 11.7 Å². The summed E-state index contributed by atoms with van der Waals surface area (Å²) in [7, 11) is 0. The van der Waals surface area contributed by atoms with E-state index < -0.39 is 0 Å². The lowest BCUT2D eigenvalue weighted by molar-refractivity contribution is -0.118. The van der Waals surface area contributed by atoms with Gasteiger partial charge in [-0.05, 0) is 30.0 Å². The summed E-state index contributed by atoms with van der Waals surface area (Å²) in [4.78, 5) is 28.0. The molecule has 4 rings (SSSR count). The van der Waals surface area contributed by atoms with Gasteiger partial charge in [0.05, 0.1) is 12.9 Å². The maximum absolute atomic E-state index is 11.4. The topological polar surface area (TPSA) is 89.9 Å². The molecule has 1 saturated heterocycles. The van der Waals surface area contributed by atoms with E-state index in [1.54, 1.807) is 0 Å². The molecule has 0 bridgehead atoms. The van der Waals surface area contributed by atoms with Crippen LogP contribution in [0.2, 0.25) is 5.02 Å². The first-order chi connectivity index (χ1) is 14.2. The molecule has 7 nitrogen and oxygen atoms in total. The highest BCUT2D eigenvalue weighted by atomic mass is 35.5. The van der Waals surface area contributed by atoms with Gasteiger partial charge in [0, 0.05) is 29.9 Å². The van der Waals surface area contributed by atoms with Gasteiger partial charge in [0.25, 0.3) is 0 Å². The Morgan fingerprint density at radius 2 is 2.10 bits per heavy atom. The van der Waals surface area contributed by atoms with Gasteiger partial charge in [0.15, 0.2) is 17.0 Å². The normalized spacial score (nSPS) is 17.1. The fraction of sp³-hybridized carbons (Fsp3) is 0.455.